The van der Waals surface area contributed by atoms with E-state index in [1.165, 1.54) is 32.6 Å². The summed E-state index contributed by atoms with van der Waals surface area (Å²) in [4.78, 5) is 22.7. The average Bonchev–Trinajstić information content (AvgIpc) is 3.22. The fraction of sp³-hybridized carbons (Fsp3) is 0.100. The molecule has 0 atom stereocenters. The molecule has 0 unspecified atom stereocenters. The van der Waals surface area contributed by atoms with E-state index in [1.807, 2.05) is 0 Å². The molecule has 0 aliphatic carbocycles. The van der Waals surface area contributed by atoms with Gasteiger partial charge in [-0.2, -0.15) is 5.10 Å². The minimum atomic E-state index is -0.474. The molecule has 0 radical (unpaired) electrons. The van der Waals surface area contributed by atoms with E-state index in [4.69, 9.17) is 13.9 Å². The number of hydrazone groups is 1. The summed E-state index contributed by atoms with van der Waals surface area (Å²) < 4.78 is 15.9. The lowest BCUT2D eigenvalue weighted by molar-refractivity contribution is -0.384. The van der Waals surface area contributed by atoms with Gasteiger partial charge in [0.15, 0.2) is 0 Å². The highest BCUT2D eigenvalue weighted by atomic mass is 16.6. The minimum absolute atomic E-state index is 0.0326. The predicted octanol–water partition coefficient (Wildman–Crippen LogP) is 3.64. The molecule has 1 N–H and O–H groups in total. The number of carbonyl (C=O) groups excluding carboxylic acids is 1. The number of nitrogens with one attached hydrogen (secondary N) is 1. The van der Waals surface area contributed by atoms with E-state index in [1.54, 1.807) is 42.5 Å². The second-order valence-electron chi connectivity index (χ2n) is 5.77. The molecule has 2 aromatic carbocycles. The maximum atomic E-state index is 12.3. The quantitative estimate of drug-likeness (QED) is 0.371. The molecule has 3 aromatic rings. The van der Waals surface area contributed by atoms with Crippen LogP contribution in [-0.2, 0) is 0 Å². The monoisotopic (exact) mass is 395 g/mol. The predicted molar refractivity (Wildman–Crippen MR) is 105 cm³/mol. The Morgan fingerprint density at radius 1 is 1.14 bits per heavy atom. The number of hydrogen-bond acceptors (Lipinski definition) is 7. The molecule has 1 aromatic heterocycles. The molecule has 0 spiro atoms. The van der Waals surface area contributed by atoms with Gasteiger partial charge in [-0.25, -0.2) is 5.43 Å². The zero-order valence-electron chi connectivity index (χ0n) is 15.6. The van der Waals surface area contributed by atoms with Crippen molar-refractivity contribution in [2.45, 2.75) is 0 Å². The molecule has 0 fully saturated rings. The van der Waals surface area contributed by atoms with Gasteiger partial charge in [0, 0.05) is 23.8 Å². The Morgan fingerprint density at radius 2 is 1.97 bits per heavy atom. The van der Waals surface area contributed by atoms with Gasteiger partial charge in [-0.15, -0.1) is 0 Å². The largest absolute Gasteiger partial charge is 0.497 e. The highest BCUT2D eigenvalue weighted by molar-refractivity contribution is 5.97. The number of furan rings is 1. The Bertz CT molecular complexity index is 1070. The first-order valence-corrected chi connectivity index (χ1v) is 8.42. The number of non-ortho nitro benzene ring substituents is 1. The Hall–Kier alpha value is -4.14. The SMILES string of the molecule is COc1ccc(C(=O)N/N=C/c2ccc(-c3cccc([N+](=O)[O-])c3)o2)c(OC)c1. The van der Waals surface area contributed by atoms with Crippen molar-refractivity contribution < 1.29 is 23.6 Å². The van der Waals surface area contributed by atoms with E-state index in [2.05, 4.69) is 10.5 Å². The Kier molecular flexibility index (Phi) is 5.88. The van der Waals surface area contributed by atoms with Gasteiger partial charge in [0.05, 0.1) is 30.9 Å². The molecular weight excluding hydrogens is 378 g/mol. The lowest BCUT2D eigenvalue weighted by Gasteiger charge is -2.08. The summed E-state index contributed by atoms with van der Waals surface area (Å²) in [6, 6.07) is 14.2. The molecule has 1 amide bonds. The summed E-state index contributed by atoms with van der Waals surface area (Å²) in [6.45, 7) is 0. The zero-order chi connectivity index (χ0) is 20.8. The summed E-state index contributed by atoms with van der Waals surface area (Å²) in [5, 5.41) is 14.8. The Balaban J connectivity index is 1.70. The third kappa shape index (κ3) is 4.59. The Morgan fingerprint density at radius 3 is 2.69 bits per heavy atom. The van der Waals surface area contributed by atoms with Gasteiger partial charge >= 0.3 is 0 Å². The number of nitrogens with zero attached hydrogens (tertiary/aromatic N) is 2. The molecule has 0 aliphatic rings. The molecule has 9 nitrogen and oxygen atoms in total. The number of nitro benzene ring substituents is 1. The fourth-order valence-corrected chi connectivity index (χ4v) is 2.55. The summed E-state index contributed by atoms with van der Waals surface area (Å²) in [6.07, 6.45) is 1.33. The maximum absolute atomic E-state index is 12.3. The lowest BCUT2D eigenvalue weighted by Crippen LogP contribution is -2.18. The first-order valence-electron chi connectivity index (χ1n) is 8.42. The molecule has 9 heteroatoms. The fourth-order valence-electron chi connectivity index (χ4n) is 2.55. The van der Waals surface area contributed by atoms with Crippen molar-refractivity contribution in [2.24, 2.45) is 5.10 Å². The third-order valence-corrected chi connectivity index (χ3v) is 3.98. The van der Waals surface area contributed by atoms with Crippen molar-refractivity contribution in [2.75, 3.05) is 14.2 Å². The van der Waals surface area contributed by atoms with Crippen molar-refractivity contribution >= 4 is 17.8 Å². The van der Waals surface area contributed by atoms with Crippen LogP contribution in [0.15, 0.2) is 64.1 Å². The van der Waals surface area contributed by atoms with Gasteiger partial charge in [0.2, 0.25) is 0 Å². The van der Waals surface area contributed by atoms with Gasteiger partial charge in [0.25, 0.3) is 11.6 Å². The van der Waals surface area contributed by atoms with E-state index in [-0.39, 0.29) is 5.69 Å². The summed E-state index contributed by atoms with van der Waals surface area (Å²) in [5.41, 5.74) is 3.22. The topological polar surface area (TPSA) is 116 Å². The van der Waals surface area contributed by atoms with Crippen LogP contribution in [0.5, 0.6) is 11.5 Å². The molecule has 0 aliphatic heterocycles. The minimum Gasteiger partial charge on any atom is -0.497 e. The van der Waals surface area contributed by atoms with Crippen LogP contribution in [0.1, 0.15) is 16.1 Å². The summed E-state index contributed by atoms with van der Waals surface area (Å²) >= 11 is 0. The van der Waals surface area contributed by atoms with Crippen LogP contribution in [0.4, 0.5) is 5.69 Å². The van der Waals surface area contributed by atoms with Crippen LogP contribution < -0.4 is 14.9 Å². The number of amides is 1. The van der Waals surface area contributed by atoms with Gasteiger partial charge < -0.3 is 13.9 Å². The molecular formula is C20H17N3O6. The van der Waals surface area contributed by atoms with Crippen molar-refractivity contribution in [3.63, 3.8) is 0 Å². The molecule has 148 valence electrons. The number of methoxy groups -OCH3 is 2. The van der Waals surface area contributed by atoms with Crippen LogP contribution >= 0.6 is 0 Å². The van der Waals surface area contributed by atoms with E-state index in [0.29, 0.717) is 34.1 Å². The molecule has 29 heavy (non-hydrogen) atoms. The maximum Gasteiger partial charge on any atom is 0.275 e. The summed E-state index contributed by atoms with van der Waals surface area (Å²) in [7, 11) is 2.97. The first-order chi connectivity index (χ1) is 14.0. The van der Waals surface area contributed by atoms with Crippen LogP contribution in [0.25, 0.3) is 11.3 Å². The number of rotatable bonds is 7. The van der Waals surface area contributed by atoms with Crippen molar-refractivity contribution in [1.82, 2.24) is 5.43 Å². The van der Waals surface area contributed by atoms with E-state index < -0.39 is 10.8 Å². The number of carbonyl (C=O) groups is 1. The third-order valence-electron chi connectivity index (χ3n) is 3.98. The highest BCUT2D eigenvalue weighted by Crippen LogP contribution is 2.26. The number of benzene rings is 2. The molecule has 0 bridgehead atoms. The Labute approximate surface area is 165 Å². The normalized spacial score (nSPS) is 10.7. The van der Waals surface area contributed by atoms with Crippen LogP contribution in [0.2, 0.25) is 0 Å². The van der Waals surface area contributed by atoms with Crippen LogP contribution in [-0.4, -0.2) is 31.3 Å². The van der Waals surface area contributed by atoms with Gasteiger partial charge in [-0.05, 0) is 24.3 Å². The van der Waals surface area contributed by atoms with Gasteiger partial charge in [-0.3, -0.25) is 14.9 Å². The van der Waals surface area contributed by atoms with E-state index in [9.17, 15) is 14.9 Å². The molecule has 1 heterocycles. The number of ether oxygens (including phenoxy) is 2. The van der Waals surface area contributed by atoms with E-state index in [0.717, 1.165) is 0 Å². The van der Waals surface area contributed by atoms with Crippen molar-refractivity contribution in [1.29, 1.82) is 0 Å². The van der Waals surface area contributed by atoms with E-state index >= 15 is 0 Å². The van der Waals surface area contributed by atoms with Crippen molar-refractivity contribution in [3.8, 4) is 22.8 Å². The van der Waals surface area contributed by atoms with Crippen molar-refractivity contribution in [3.05, 3.63) is 76.0 Å². The highest BCUT2D eigenvalue weighted by Gasteiger charge is 2.13. The molecule has 3 rings (SSSR count). The second-order valence-corrected chi connectivity index (χ2v) is 5.77. The average molecular weight is 395 g/mol. The number of hydrogen-bond donors (Lipinski definition) is 1. The summed E-state index contributed by atoms with van der Waals surface area (Å²) in [5.74, 6) is 1.26. The zero-order valence-corrected chi connectivity index (χ0v) is 15.6. The molecule has 0 saturated heterocycles. The smallest absolute Gasteiger partial charge is 0.275 e. The first kappa shape index (κ1) is 19.6. The van der Waals surface area contributed by atoms with Gasteiger partial charge in [0.1, 0.15) is 23.0 Å². The number of nitro groups is 1. The standard InChI is InChI=1S/C20H17N3O6/c1-27-15-6-8-17(19(11-15)28-2)20(24)22-21-12-16-7-9-18(29-16)13-4-3-5-14(10-13)23(25)26/h3-12H,1-2H3,(H,22,24)/b21-12+. The van der Waals surface area contributed by atoms with Crippen LogP contribution in [0, 0.1) is 10.1 Å². The molecule has 0 saturated carbocycles. The van der Waals surface area contributed by atoms with Crippen LogP contribution in [0.3, 0.4) is 0 Å². The lowest BCUT2D eigenvalue weighted by atomic mass is 10.1. The second kappa shape index (κ2) is 8.70. The van der Waals surface area contributed by atoms with Gasteiger partial charge in [-0.1, -0.05) is 12.1 Å².